The molecule has 0 saturated carbocycles. The molecule has 0 atom stereocenters. The van der Waals surface area contributed by atoms with Crippen molar-refractivity contribution in [3.05, 3.63) is 35.5 Å². The van der Waals surface area contributed by atoms with E-state index in [2.05, 4.69) is 25.2 Å². The van der Waals surface area contributed by atoms with E-state index >= 15 is 0 Å². The zero-order chi connectivity index (χ0) is 13.1. The SMILES string of the molecule is C/C=C/CC/C(C)=C/CC/C(C)=C/CC(=O)O. The van der Waals surface area contributed by atoms with E-state index in [1.807, 2.05) is 13.8 Å². The third-order valence-corrected chi connectivity index (χ3v) is 2.60. The highest BCUT2D eigenvalue weighted by Crippen LogP contribution is 2.10. The molecule has 0 spiro atoms. The summed E-state index contributed by atoms with van der Waals surface area (Å²) in [5.41, 5.74) is 2.57. The van der Waals surface area contributed by atoms with Crippen LogP contribution in [0.3, 0.4) is 0 Å². The zero-order valence-corrected chi connectivity index (χ0v) is 11.2. The van der Waals surface area contributed by atoms with Crippen molar-refractivity contribution in [2.24, 2.45) is 0 Å². The molecule has 0 aromatic heterocycles. The highest BCUT2D eigenvalue weighted by atomic mass is 16.4. The van der Waals surface area contributed by atoms with Gasteiger partial charge in [0.15, 0.2) is 0 Å². The molecule has 17 heavy (non-hydrogen) atoms. The molecule has 0 heterocycles. The monoisotopic (exact) mass is 236 g/mol. The molecular formula is C15H24O2. The smallest absolute Gasteiger partial charge is 0.307 e. The largest absolute Gasteiger partial charge is 0.481 e. The van der Waals surface area contributed by atoms with Gasteiger partial charge in [-0.3, -0.25) is 4.79 Å². The fourth-order valence-corrected chi connectivity index (χ4v) is 1.49. The van der Waals surface area contributed by atoms with Crippen LogP contribution in [0.2, 0.25) is 0 Å². The van der Waals surface area contributed by atoms with Crippen LogP contribution in [-0.4, -0.2) is 11.1 Å². The Morgan fingerprint density at radius 3 is 2.24 bits per heavy atom. The lowest BCUT2D eigenvalue weighted by Crippen LogP contribution is -1.91. The predicted octanol–water partition coefficient (Wildman–Crippen LogP) is 4.49. The van der Waals surface area contributed by atoms with Crippen LogP contribution in [-0.2, 0) is 4.79 Å². The lowest BCUT2D eigenvalue weighted by Gasteiger charge is -2.00. The normalized spacial score (nSPS) is 13.4. The molecule has 96 valence electrons. The maximum Gasteiger partial charge on any atom is 0.307 e. The number of carboxylic acids is 1. The topological polar surface area (TPSA) is 37.3 Å². The Labute approximate surface area is 105 Å². The number of hydrogen-bond donors (Lipinski definition) is 1. The summed E-state index contributed by atoms with van der Waals surface area (Å²) in [6.07, 6.45) is 12.6. The number of carbonyl (C=O) groups is 1. The highest BCUT2D eigenvalue weighted by molar-refractivity contribution is 5.68. The molecule has 0 radical (unpaired) electrons. The van der Waals surface area contributed by atoms with E-state index in [1.165, 1.54) is 5.57 Å². The van der Waals surface area contributed by atoms with Gasteiger partial charge >= 0.3 is 5.97 Å². The molecular weight excluding hydrogens is 212 g/mol. The Morgan fingerprint density at radius 2 is 1.65 bits per heavy atom. The van der Waals surface area contributed by atoms with Crippen molar-refractivity contribution in [3.63, 3.8) is 0 Å². The third kappa shape index (κ3) is 11.0. The highest BCUT2D eigenvalue weighted by Gasteiger charge is 1.94. The molecule has 0 aromatic carbocycles. The third-order valence-electron chi connectivity index (χ3n) is 2.60. The molecule has 0 aromatic rings. The van der Waals surface area contributed by atoms with Crippen molar-refractivity contribution in [3.8, 4) is 0 Å². The lowest BCUT2D eigenvalue weighted by molar-refractivity contribution is -0.136. The van der Waals surface area contributed by atoms with E-state index in [4.69, 9.17) is 5.11 Å². The van der Waals surface area contributed by atoms with Gasteiger partial charge in [0.05, 0.1) is 6.42 Å². The van der Waals surface area contributed by atoms with Crippen LogP contribution in [0.1, 0.15) is 52.9 Å². The second-order valence-corrected chi connectivity index (χ2v) is 4.35. The molecule has 2 nitrogen and oxygen atoms in total. The second-order valence-electron chi connectivity index (χ2n) is 4.35. The molecule has 0 aliphatic rings. The number of allylic oxidation sites excluding steroid dienone is 5. The van der Waals surface area contributed by atoms with Crippen LogP contribution in [0.15, 0.2) is 35.5 Å². The van der Waals surface area contributed by atoms with Crippen molar-refractivity contribution < 1.29 is 9.90 Å². The van der Waals surface area contributed by atoms with Crippen LogP contribution in [0.25, 0.3) is 0 Å². The summed E-state index contributed by atoms with van der Waals surface area (Å²) in [6, 6.07) is 0. The van der Waals surface area contributed by atoms with Gasteiger partial charge in [-0.2, -0.15) is 0 Å². The van der Waals surface area contributed by atoms with Crippen LogP contribution in [0, 0.1) is 0 Å². The molecule has 0 bridgehead atoms. The minimum Gasteiger partial charge on any atom is -0.481 e. The molecule has 0 rings (SSSR count). The van der Waals surface area contributed by atoms with Gasteiger partial charge in [0.1, 0.15) is 0 Å². The van der Waals surface area contributed by atoms with Crippen LogP contribution >= 0.6 is 0 Å². The molecule has 1 N–H and O–H groups in total. The van der Waals surface area contributed by atoms with Crippen molar-refractivity contribution in [2.45, 2.75) is 52.9 Å². The van der Waals surface area contributed by atoms with Gasteiger partial charge in [-0.1, -0.05) is 35.5 Å². The molecule has 0 aliphatic carbocycles. The molecule has 0 saturated heterocycles. The van der Waals surface area contributed by atoms with Gasteiger partial charge in [-0.25, -0.2) is 0 Å². The Kier molecular flexibility index (Phi) is 9.12. The van der Waals surface area contributed by atoms with E-state index in [0.717, 1.165) is 31.3 Å². The number of rotatable bonds is 8. The van der Waals surface area contributed by atoms with Gasteiger partial charge in [-0.15, -0.1) is 0 Å². The van der Waals surface area contributed by atoms with Gasteiger partial charge in [-0.05, 0) is 46.5 Å². The number of carboxylic acid groups (broad SMARTS) is 1. The van der Waals surface area contributed by atoms with Gasteiger partial charge < -0.3 is 5.11 Å². The first-order valence-electron chi connectivity index (χ1n) is 6.20. The van der Waals surface area contributed by atoms with Crippen LogP contribution in [0.4, 0.5) is 0 Å². The van der Waals surface area contributed by atoms with Crippen molar-refractivity contribution >= 4 is 5.97 Å². The molecule has 0 aliphatic heterocycles. The average molecular weight is 236 g/mol. The van der Waals surface area contributed by atoms with Crippen LogP contribution in [0.5, 0.6) is 0 Å². The second kappa shape index (κ2) is 9.88. The van der Waals surface area contributed by atoms with Gasteiger partial charge in [0, 0.05) is 0 Å². The fraction of sp³-hybridized carbons (Fsp3) is 0.533. The van der Waals surface area contributed by atoms with Crippen molar-refractivity contribution in [2.75, 3.05) is 0 Å². The van der Waals surface area contributed by atoms with Gasteiger partial charge in [0.2, 0.25) is 0 Å². The summed E-state index contributed by atoms with van der Waals surface area (Å²) in [4.78, 5) is 10.4. The summed E-state index contributed by atoms with van der Waals surface area (Å²) in [6.45, 7) is 6.18. The summed E-state index contributed by atoms with van der Waals surface area (Å²) >= 11 is 0. The van der Waals surface area contributed by atoms with Crippen molar-refractivity contribution in [1.29, 1.82) is 0 Å². The van der Waals surface area contributed by atoms with Gasteiger partial charge in [0.25, 0.3) is 0 Å². The minimum atomic E-state index is -0.762. The first-order valence-corrected chi connectivity index (χ1v) is 6.20. The lowest BCUT2D eigenvalue weighted by atomic mass is 10.1. The van der Waals surface area contributed by atoms with E-state index in [-0.39, 0.29) is 6.42 Å². The maximum atomic E-state index is 10.4. The van der Waals surface area contributed by atoms with E-state index in [9.17, 15) is 4.79 Å². The minimum absolute atomic E-state index is 0.135. The Balaban J connectivity index is 3.83. The number of hydrogen-bond acceptors (Lipinski definition) is 1. The van der Waals surface area contributed by atoms with E-state index < -0.39 is 5.97 Å². The van der Waals surface area contributed by atoms with E-state index in [1.54, 1.807) is 6.08 Å². The van der Waals surface area contributed by atoms with E-state index in [0.29, 0.717) is 0 Å². The van der Waals surface area contributed by atoms with Crippen LogP contribution < -0.4 is 0 Å². The summed E-state index contributed by atoms with van der Waals surface area (Å²) in [7, 11) is 0. The summed E-state index contributed by atoms with van der Waals surface area (Å²) in [5.74, 6) is -0.762. The predicted molar refractivity (Wildman–Crippen MR) is 73.0 cm³/mol. The molecule has 0 amide bonds. The Bertz CT molecular complexity index is 309. The molecule has 2 heteroatoms. The Hall–Kier alpha value is -1.31. The fourth-order valence-electron chi connectivity index (χ4n) is 1.49. The zero-order valence-electron chi connectivity index (χ0n) is 11.2. The first kappa shape index (κ1) is 15.7. The number of aliphatic carboxylic acids is 1. The summed E-state index contributed by atoms with van der Waals surface area (Å²) in [5, 5.41) is 8.53. The standard InChI is InChI=1S/C15H24O2/c1-4-5-6-8-13(2)9-7-10-14(3)11-12-15(16)17/h4-5,9,11H,6-8,10,12H2,1-3H3,(H,16,17)/b5-4+,13-9+,14-11+. The first-order chi connectivity index (χ1) is 8.06. The Morgan fingerprint density at radius 1 is 1.06 bits per heavy atom. The summed E-state index contributed by atoms with van der Waals surface area (Å²) < 4.78 is 0. The quantitative estimate of drug-likeness (QED) is 0.630. The maximum absolute atomic E-state index is 10.4. The average Bonchev–Trinajstić information content (AvgIpc) is 2.27. The molecule has 0 unspecified atom stereocenters. The molecule has 0 fully saturated rings. The van der Waals surface area contributed by atoms with Crippen molar-refractivity contribution in [1.82, 2.24) is 0 Å².